The Kier molecular flexibility index (Phi) is 2.73. The summed E-state index contributed by atoms with van der Waals surface area (Å²) in [6, 6.07) is 0. The van der Waals surface area contributed by atoms with Crippen LogP contribution < -0.4 is 0 Å². The zero-order valence-corrected chi connectivity index (χ0v) is 7.84. The molecule has 0 aromatic carbocycles. The Hall–Kier alpha value is -0.570. The minimum atomic E-state index is -0.715. The second kappa shape index (κ2) is 3.44. The van der Waals surface area contributed by atoms with Crippen molar-refractivity contribution < 1.29 is 9.90 Å². The molecule has 0 spiro atoms. The van der Waals surface area contributed by atoms with E-state index in [2.05, 4.69) is 13.8 Å². The van der Waals surface area contributed by atoms with Crippen molar-refractivity contribution in [3.8, 4) is 0 Å². The first-order valence-electron chi connectivity index (χ1n) is 4.44. The molecular formula is C9H17NO2. The zero-order chi connectivity index (χ0) is 9.19. The Morgan fingerprint density at radius 3 is 2.75 bits per heavy atom. The lowest BCUT2D eigenvalue weighted by Gasteiger charge is -2.37. The maximum atomic E-state index is 10.4. The molecule has 1 heterocycles. The number of likely N-dealkylation sites (tertiary alicyclic amines) is 1. The molecule has 3 heteroatoms. The van der Waals surface area contributed by atoms with Gasteiger partial charge in [0, 0.05) is 6.54 Å². The molecule has 1 fully saturated rings. The normalized spacial score (nSPS) is 23.8. The maximum Gasteiger partial charge on any atom is 0.317 e. The fourth-order valence-corrected chi connectivity index (χ4v) is 1.87. The molecule has 0 aliphatic carbocycles. The van der Waals surface area contributed by atoms with E-state index in [1.807, 2.05) is 4.90 Å². The van der Waals surface area contributed by atoms with Crippen LogP contribution in [0.3, 0.4) is 0 Å². The maximum absolute atomic E-state index is 10.4. The SMILES string of the molecule is CC1(C)CCCN(CC(=O)O)C1. The summed E-state index contributed by atoms with van der Waals surface area (Å²) in [6.45, 7) is 6.44. The third kappa shape index (κ3) is 2.81. The van der Waals surface area contributed by atoms with Crippen molar-refractivity contribution in [2.75, 3.05) is 19.6 Å². The van der Waals surface area contributed by atoms with E-state index in [0.717, 1.165) is 19.5 Å². The van der Waals surface area contributed by atoms with Crippen molar-refractivity contribution >= 4 is 5.97 Å². The lowest BCUT2D eigenvalue weighted by molar-refractivity contribution is -0.139. The summed E-state index contributed by atoms with van der Waals surface area (Å²) in [7, 11) is 0. The van der Waals surface area contributed by atoms with Gasteiger partial charge in [-0.15, -0.1) is 0 Å². The van der Waals surface area contributed by atoms with Gasteiger partial charge in [-0.2, -0.15) is 0 Å². The highest BCUT2D eigenvalue weighted by molar-refractivity contribution is 5.69. The van der Waals surface area contributed by atoms with Gasteiger partial charge in [0.1, 0.15) is 0 Å². The molecule has 0 bridgehead atoms. The summed E-state index contributed by atoms with van der Waals surface area (Å²) in [5.41, 5.74) is 0.299. The van der Waals surface area contributed by atoms with E-state index in [9.17, 15) is 4.79 Å². The van der Waals surface area contributed by atoms with Gasteiger partial charge in [0.15, 0.2) is 0 Å². The second-order valence-corrected chi connectivity index (χ2v) is 4.37. The van der Waals surface area contributed by atoms with Crippen LogP contribution in [-0.4, -0.2) is 35.6 Å². The molecule has 70 valence electrons. The summed E-state index contributed by atoms with van der Waals surface area (Å²) < 4.78 is 0. The van der Waals surface area contributed by atoms with E-state index in [1.165, 1.54) is 6.42 Å². The molecule has 0 radical (unpaired) electrons. The molecule has 0 atom stereocenters. The fraction of sp³-hybridized carbons (Fsp3) is 0.889. The van der Waals surface area contributed by atoms with E-state index in [0.29, 0.717) is 5.41 Å². The number of hydrogen-bond acceptors (Lipinski definition) is 2. The number of hydrogen-bond donors (Lipinski definition) is 1. The number of aliphatic carboxylic acids is 1. The van der Waals surface area contributed by atoms with Crippen molar-refractivity contribution in [3.05, 3.63) is 0 Å². The number of rotatable bonds is 2. The van der Waals surface area contributed by atoms with Gasteiger partial charge in [0.25, 0.3) is 0 Å². The van der Waals surface area contributed by atoms with E-state index in [-0.39, 0.29) is 6.54 Å². The highest BCUT2D eigenvalue weighted by Crippen LogP contribution is 2.27. The molecule has 0 aromatic heterocycles. The monoisotopic (exact) mass is 171 g/mol. The summed E-state index contributed by atoms with van der Waals surface area (Å²) in [4.78, 5) is 12.5. The fourth-order valence-electron chi connectivity index (χ4n) is 1.87. The molecule has 1 rings (SSSR count). The highest BCUT2D eigenvalue weighted by atomic mass is 16.4. The van der Waals surface area contributed by atoms with Crippen molar-refractivity contribution in [1.29, 1.82) is 0 Å². The van der Waals surface area contributed by atoms with Gasteiger partial charge in [-0.3, -0.25) is 9.69 Å². The predicted molar refractivity (Wildman–Crippen MR) is 47.1 cm³/mol. The van der Waals surface area contributed by atoms with Crippen LogP contribution in [0, 0.1) is 5.41 Å². The quantitative estimate of drug-likeness (QED) is 0.678. The van der Waals surface area contributed by atoms with Gasteiger partial charge in [-0.1, -0.05) is 13.8 Å². The van der Waals surface area contributed by atoms with Crippen LogP contribution in [0.25, 0.3) is 0 Å². The molecule has 0 amide bonds. The number of piperidine rings is 1. The number of carboxylic acid groups (broad SMARTS) is 1. The molecule has 1 N–H and O–H groups in total. The van der Waals surface area contributed by atoms with Crippen molar-refractivity contribution in [2.45, 2.75) is 26.7 Å². The Labute approximate surface area is 73.4 Å². The van der Waals surface area contributed by atoms with Crippen LogP contribution in [-0.2, 0) is 4.79 Å². The van der Waals surface area contributed by atoms with Gasteiger partial charge in [-0.05, 0) is 24.8 Å². The van der Waals surface area contributed by atoms with Crippen LogP contribution in [0.2, 0.25) is 0 Å². The minimum absolute atomic E-state index is 0.198. The first kappa shape index (κ1) is 9.52. The van der Waals surface area contributed by atoms with Gasteiger partial charge in [0.2, 0.25) is 0 Å². The number of carbonyl (C=O) groups is 1. The van der Waals surface area contributed by atoms with Gasteiger partial charge in [-0.25, -0.2) is 0 Å². The first-order chi connectivity index (χ1) is 5.49. The van der Waals surface area contributed by atoms with E-state index in [1.54, 1.807) is 0 Å². The van der Waals surface area contributed by atoms with Crippen LogP contribution >= 0.6 is 0 Å². The zero-order valence-electron chi connectivity index (χ0n) is 7.84. The van der Waals surface area contributed by atoms with Crippen LogP contribution in [0.5, 0.6) is 0 Å². The molecule has 0 saturated carbocycles. The smallest absolute Gasteiger partial charge is 0.317 e. The molecule has 12 heavy (non-hydrogen) atoms. The molecular weight excluding hydrogens is 154 g/mol. The lowest BCUT2D eigenvalue weighted by Crippen LogP contribution is -2.42. The topological polar surface area (TPSA) is 40.5 Å². The Balaban J connectivity index is 2.41. The minimum Gasteiger partial charge on any atom is -0.480 e. The first-order valence-corrected chi connectivity index (χ1v) is 4.44. The Bertz CT molecular complexity index is 177. The molecule has 1 aliphatic heterocycles. The summed E-state index contributed by atoms with van der Waals surface area (Å²) in [5, 5.41) is 8.59. The third-order valence-corrected chi connectivity index (χ3v) is 2.34. The van der Waals surface area contributed by atoms with Gasteiger partial charge in [0.05, 0.1) is 6.54 Å². The summed E-state index contributed by atoms with van der Waals surface area (Å²) in [5.74, 6) is -0.715. The molecule has 1 saturated heterocycles. The molecule has 0 unspecified atom stereocenters. The average Bonchev–Trinajstić information content (AvgIpc) is 1.82. The lowest BCUT2D eigenvalue weighted by atomic mass is 9.84. The second-order valence-electron chi connectivity index (χ2n) is 4.37. The summed E-state index contributed by atoms with van der Waals surface area (Å²) >= 11 is 0. The molecule has 0 aromatic rings. The largest absolute Gasteiger partial charge is 0.480 e. The summed E-state index contributed by atoms with van der Waals surface area (Å²) in [6.07, 6.45) is 2.34. The van der Waals surface area contributed by atoms with Crippen LogP contribution in [0.15, 0.2) is 0 Å². The highest BCUT2D eigenvalue weighted by Gasteiger charge is 2.26. The van der Waals surface area contributed by atoms with Crippen LogP contribution in [0.1, 0.15) is 26.7 Å². The Morgan fingerprint density at radius 1 is 1.58 bits per heavy atom. The van der Waals surface area contributed by atoms with E-state index < -0.39 is 5.97 Å². The molecule has 3 nitrogen and oxygen atoms in total. The van der Waals surface area contributed by atoms with Gasteiger partial charge >= 0.3 is 5.97 Å². The standard InChI is InChI=1S/C9H17NO2/c1-9(2)4-3-5-10(7-9)6-8(11)12/h3-7H2,1-2H3,(H,11,12). The van der Waals surface area contributed by atoms with Crippen LogP contribution in [0.4, 0.5) is 0 Å². The predicted octanol–water partition coefficient (Wildman–Crippen LogP) is 1.19. The molecule has 1 aliphatic rings. The number of nitrogens with zero attached hydrogens (tertiary/aromatic N) is 1. The van der Waals surface area contributed by atoms with E-state index >= 15 is 0 Å². The third-order valence-electron chi connectivity index (χ3n) is 2.34. The van der Waals surface area contributed by atoms with Crippen molar-refractivity contribution in [1.82, 2.24) is 4.90 Å². The van der Waals surface area contributed by atoms with Crippen molar-refractivity contribution in [2.24, 2.45) is 5.41 Å². The van der Waals surface area contributed by atoms with E-state index in [4.69, 9.17) is 5.11 Å². The van der Waals surface area contributed by atoms with Crippen molar-refractivity contribution in [3.63, 3.8) is 0 Å². The average molecular weight is 171 g/mol. The van der Waals surface area contributed by atoms with Gasteiger partial charge < -0.3 is 5.11 Å². The number of carboxylic acids is 1. The Morgan fingerprint density at radius 2 is 2.25 bits per heavy atom.